The zero-order chi connectivity index (χ0) is 27.9. The van der Waals surface area contributed by atoms with E-state index in [1.54, 1.807) is 34.7 Å². The second-order valence-electron chi connectivity index (χ2n) is 12.6. The molecule has 0 heterocycles. The summed E-state index contributed by atoms with van der Waals surface area (Å²) in [5.41, 5.74) is 0.0738. The van der Waals surface area contributed by atoms with Gasteiger partial charge in [-0.15, -0.1) is 0 Å². The molecular weight excluding hydrogens is 466 g/mol. The van der Waals surface area contributed by atoms with Gasteiger partial charge < -0.3 is 0 Å². The van der Waals surface area contributed by atoms with Crippen molar-refractivity contribution in [3.8, 4) is 0 Å². The molecule has 0 aromatic heterocycles. The topological polar surface area (TPSA) is 6.48 Å². The first-order valence-electron chi connectivity index (χ1n) is 13.2. The van der Waals surface area contributed by atoms with Crippen LogP contribution in [0.1, 0.15) is 101 Å². The highest BCUT2D eigenvalue weighted by Crippen LogP contribution is 2.36. The summed E-state index contributed by atoms with van der Waals surface area (Å²) in [6.07, 6.45) is -4.71. The zero-order valence-corrected chi connectivity index (χ0v) is 23.9. The summed E-state index contributed by atoms with van der Waals surface area (Å²) < 4.78 is 82.4. The van der Waals surface area contributed by atoms with E-state index in [2.05, 4.69) is 20.8 Å². The first kappa shape index (κ1) is 34.5. The summed E-state index contributed by atoms with van der Waals surface area (Å²) in [6, 6.07) is -3.45. The average Bonchev–Trinajstić information content (AvgIpc) is 2.65. The van der Waals surface area contributed by atoms with Gasteiger partial charge >= 0.3 is 12.4 Å². The molecule has 0 aliphatic heterocycles. The highest BCUT2D eigenvalue weighted by atomic mass is 19.4. The third-order valence-corrected chi connectivity index (χ3v) is 7.61. The Morgan fingerprint density at radius 2 is 0.971 bits per heavy atom. The number of hydrogen-bond acceptors (Lipinski definition) is 2. The van der Waals surface area contributed by atoms with Crippen LogP contribution in [0, 0.1) is 23.2 Å². The van der Waals surface area contributed by atoms with Gasteiger partial charge in [0, 0.05) is 12.1 Å². The molecule has 35 heavy (non-hydrogen) atoms. The lowest BCUT2D eigenvalue weighted by Crippen LogP contribution is -2.51. The van der Waals surface area contributed by atoms with Crippen molar-refractivity contribution in [2.75, 3.05) is 14.1 Å². The van der Waals surface area contributed by atoms with Gasteiger partial charge in [0.1, 0.15) is 12.1 Å². The van der Waals surface area contributed by atoms with E-state index in [4.69, 9.17) is 0 Å². The van der Waals surface area contributed by atoms with Crippen LogP contribution in [-0.4, -0.2) is 60.4 Å². The van der Waals surface area contributed by atoms with Crippen LogP contribution in [0.15, 0.2) is 0 Å². The first-order valence-corrected chi connectivity index (χ1v) is 13.2. The molecule has 0 aromatic rings. The summed E-state index contributed by atoms with van der Waals surface area (Å²) in [7, 11) is 3.09. The van der Waals surface area contributed by atoms with E-state index >= 15 is 0 Å². The van der Waals surface area contributed by atoms with Crippen LogP contribution in [0.4, 0.5) is 26.3 Å². The molecule has 0 fully saturated rings. The Morgan fingerprint density at radius 1 is 0.571 bits per heavy atom. The summed E-state index contributed by atoms with van der Waals surface area (Å²) in [5.74, 6) is -0.966. The van der Waals surface area contributed by atoms with Gasteiger partial charge in [-0.3, -0.25) is 9.80 Å². The SMILES string of the molecule is CC(CCC(C)[C@@H](N(C)[C@H](C)CCC(C)(C)C)C(F)(F)F)CC[C@@H](C)N(C)[C@@H](C(C)C)C(F)(F)F. The van der Waals surface area contributed by atoms with Gasteiger partial charge in [0.15, 0.2) is 0 Å². The summed E-state index contributed by atoms with van der Waals surface area (Å²) in [6.45, 7) is 16.7. The highest BCUT2D eigenvalue weighted by Gasteiger charge is 2.47. The maximum atomic E-state index is 14.0. The van der Waals surface area contributed by atoms with E-state index < -0.39 is 36.3 Å². The lowest BCUT2D eigenvalue weighted by Gasteiger charge is -2.39. The Kier molecular flexibility index (Phi) is 13.7. The predicted molar refractivity (Wildman–Crippen MR) is 134 cm³/mol. The molecule has 0 rings (SSSR count). The maximum Gasteiger partial charge on any atom is 0.404 e. The lowest BCUT2D eigenvalue weighted by molar-refractivity contribution is -0.199. The lowest BCUT2D eigenvalue weighted by atomic mass is 9.86. The molecule has 0 spiro atoms. The van der Waals surface area contributed by atoms with Crippen molar-refractivity contribution in [3.05, 3.63) is 0 Å². The minimum Gasteiger partial charge on any atom is -0.292 e. The molecule has 0 amide bonds. The second kappa shape index (κ2) is 13.9. The Balaban J connectivity index is 4.97. The van der Waals surface area contributed by atoms with Crippen LogP contribution >= 0.6 is 0 Å². The smallest absolute Gasteiger partial charge is 0.292 e. The van der Waals surface area contributed by atoms with Crippen LogP contribution in [0.25, 0.3) is 0 Å². The highest BCUT2D eigenvalue weighted by molar-refractivity contribution is 4.86. The molecule has 0 aliphatic carbocycles. The second-order valence-corrected chi connectivity index (χ2v) is 12.6. The van der Waals surface area contributed by atoms with Gasteiger partial charge in [-0.2, -0.15) is 26.3 Å². The number of rotatable bonds is 14. The van der Waals surface area contributed by atoms with Crippen molar-refractivity contribution in [2.45, 2.75) is 137 Å². The number of nitrogens with zero attached hydrogens (tertiary/aromatic N) is 2. The fraction of sp³-hybridized carbons (Fsp3) is 1.00. The van der Waals surface area contributed by atoms with Crippen LogP contribution in [-0.2, 0) is 0 Å². The number of alkyl halides is 6. The van der Waals surface area contributed by atoms with E-state index in [1.807, 2.05) is 13.8 Å². The standard InChI is InChI=1S/C27H52F6N2/c1-18(2)23(26(28,29)30)34(10)21(5)15-13-19(3)12-14-20(4)24(27(31,32)33)35(11)22(6)16-17-25(7,8)9/h18-24H,12-17H2,1-11H3/t19?,20?,21-,22-,23+,24-/m1/s1. The Labute approximate surface area is 211 Å². The summed E-state index contributed by atoms with van der Waals surface area (Å²) >= 11 is 0. The third-order valence-electron chi connectivity index (χ3n) is 7.61. The molecule has 212 valence electrons. The zero-order valence-electron chi connectivity index (χ0n) is 23.9. The molecule has 0 saturated carbocycles. The molecule has 0 saturated heterocycles. The monoisotopic (exact) mass is 518 g/mol. The van der Waals surface area contributed by atoms with Gasteiger partial charge in [-0.05, 0) is 83.2 Å². The minimum atomic E-state index is -4.31. The van der Waals surface area contributed by atoms with Gasteiger partial charge in [-0.25, -0.2) is 0 Å². The Hall–Kier alpha value is -0.500. The van der Waals surface area contributed by atoms with Gasteiger partial charge in [0.2, 0.25) is 0 Å². The number of hydrogen-bond donors (Lipinski definition) is 0. The minimum absolute atomic E-state index is 0.0738. The van der Waals surface area contributed by atoms with Gasteiger partial charge in [0.05, 0.1) is 0 Å². The van der Waals surface area contributed by atoms with Gasteiger partial charge in [0.25, 0.3) is 0 Å². The molecular formula is C27H52F6N2. The molecule has 0 aromatic carbocycles. The van der Waals surface area contributed by atoms with Crippen molar-refractivity contribution >= 4 is 0 Å². The molecule has 2 nitrogen and oxygen atoms in total. The maximum absolute atomic E-state index is 14.0. The van der Waals surface area contributed by atoms with E-state index in [-0.39, 0.29) is 23.4 Å². The molecule has 0 N–H and O–H groups in total. The van der Waals surface area contributed by atoms with Crippen LogP contribution in [0.2, 0.25) is 0 Å². The molecule has 0 aliphatic rings. The molecule has 0 bridgehead atoms. The third kappa shape index (κ3) is 12.5. The Bertz CT molecular complexity index is 582. The molecule has 8 heteroatoms. The quantitative estimate of drug-likeness (QED) is 0.212. The molecule has 0 radical (unpaired) electrons. The average molecular weight is 519 g/mol. The van der Waals surface area contributed by atoms with E-state index in [0.717, 1.165) is 6.42 Å². The summed E-state index contributed by atoms with van der Waals surface area (Å²) in [4.78, 5) is 2.88. The van der Waals surface area contributed by atoms with Crippen LogP contribution < -0.4 is 0 Å². The fourth-order valence-corrected chi connectivity index (χ4v) is 5.01. The van der Waals surface area contributed by atoms with Crippen molar-refractivity contribution in [2.24, 2.45) is 23.2 Å². The molecule has 6 atom stereocenters. The van der Waals surface area contributed by atoms with Crippen molar-refractivity contribution in [1.29, 1.82) is 0 Å². The van der Waals surface area contributed by atoms with E-state index in [0.29, 0.717) is 32.1 Å². The Morgan fingerprint density at radius 3 is 1.37 bits per heavy atom. The van der Waals surface area contributed by atoms with Crippen LogP contribution in [0.5, 0.6) is 0 Å². The first-order chi connectivity index (χ1) is 15.6. The predicted octanol–water partition coefficient (Wildman–Crippen LogP) is 8.80. The fourth-order valence-electron chi connectivity index (χ4n) is 5.01. The van der Waals surface area contributed by atoms with E-state index in [9.17, 15) is 26.3 Å². The van der Waals surface area contributed by atoms with Crippen molar-refractivity contribution in [1.82, 2.24) is 9.80 Å². The van der Waals surface area contributed by atoms with Crippen molar-refractivity contribution in [3.63, 3.8) is 0 Å². The van der Waals surface area contributed by atoms with Crippen molar-refractivity contribution < 1.29 is 26.3 Å². The van der Waals surface area contributed by atoms with E-state index in [1.165, 1.54) is 16.8 Å². The largest absolute Gasteiger partial charge is 0.404 e. The van der Waals surface area contributed by atoms with Gasteiger partial charge in [-0.1, -0.05) is 54.9 Å². The normalized spacial score (nSPS) is 19.2. The molecule has 2 unspecified atom stereocenters. The number of halogens is 6. The summed E-state index contributed by atoms with van der Waals surface area (Å²) in [5, 5.41) is 0. The van der Waals surface area contributed by atoms with Crippen LogP contribution in [0.3, 0.4) is 0 Å².